The van der Waals surface area contributed by atoms with Gasteiger partial charge in [0.05, 0.1) is 0 Å². The van der Waals surface area contributed by atoms with E-state index in [0.29, 0.717) is 0 Å². The van der Waals surface area contributed by atoms with Crippen molar-refractivity contribution in [2.45, 2.75) is 18.4 Å². The molecule has 1 atom stereocenters. The fourth-order valence-electron chi connectivity index (χ4n) is 0.711. The molecule has 2 nitrogen and oxygen atoms in total. The third-order valence-corrected chi connectivity index (χ3v) is 1.32. The molecule has 0 aliphatic carbocycles. The topological polar surface area (TPSA) is 29.5 Å². The highest BCUT2D eigenvalue weighted by Gasteiger charge is 2.41. The second kappa shape index (κ2) is 2.19. The number of alkyl halides is 2. The lowest BCUT2D eigenvalue weighted by molar-refractivity contribution is -0.184. The maximum Gasteiger partial charge on any atom is 0.296 e. The Morgan fingerprint density at radius 2 is 2.22 bits per heavy atom. The number of aliphatic hydroxyl groups is 1. The quantitative estimate of drug-likeness (QED) is 0.525. The van der Waals surface area contributed by atoms with Crippen molar-refractivity contribution < 1.29 is 18.6 Å². The Morgan fingerprint density at radius 1 is 1.56 bits per heavy atom. The van der Waals surface area contributed by atoms with Gasteiger partial charge in [-0.25, -0.2) is 8.78 Å². The van der Waals surface area contributed by atoms with Gasteiger partial charge in [-0.15, -0.1) is 0 Å². The minimum atomic E-state index is -3.03. The van der Waals surface area contributed by atoms with E-state index in [4.69, 9.17) is 5.11 Å². The monoisotopic (exact) mass is 138 g/mol. The van der Waals surface area contributed by atoms with Gasteiger partial charge in [0.1, 0.15) is 12.7 Å². The summed E-state index contributed by atoms with van der Waals surface area (Å²) in [6.07, 6.45) is -1.47. The minimum absolute atomic E-state index is 0.0347. The number of halogens is 2. The molecule has 1 saturated heterocycles. The van der Waals surface area contributed by atoms with Crippen LogP contribution in [0.2, 0.25) is 0 Å². The lowest BCUT2D eigenvalue weighted by Crippen LogP contribution is -2.42. The highest BCUT2D eigenvalue weighted by molar-refractivity contribution is 4.78. The second-order valence-corrected chi connectivity index (χ2v) is 2.12. The second-order valence-electron chi connectivity index (χ2n) is 2.12. The summed E-state index contributed by atoms with van der Waals surface area (Å²) in [6.45, 7) is -0.412. The lowest BCUT2D eigenvalue weighted by atomic mass is 10.1. The van der Waals surface area contributed by atoms with Crippen molar-refractivity contribution >= 4 is 0 Å². The van der Waals surface area contributed by atoms with Crippen molar-refractivity contribution in [3.63, 3.8) is 0 Å². The van der Waals surface area contributed by atoms with Crippen molar-refractivity contribution in [3.05, 3.63) is 0 Å². The van der Waals surface area contributed by atoms with E-state index >= 15 is 0 Å². The zero-order valence-electron chi connectivity index (χ0n) is 4.81. The molecule has 9 heavy (non-hydrogen) atoms. The molecule has 4 heteroatoms. The molecule has 0 bridgehead atoms. The van der Waals surface area contributed by atoms with Crippen molar-refractivity contribution in [2.75, 3.05) is 13.2 Å². The van der Waals surface area contributed by atoms with Crippen LogP contribution in [0.5, 0.6) is 0 Å². The largest absolute Gasteiger partial charge is 0.387 e. The molecule has 54 valence electrons. The summed E-state index contributed by atoms with van der Waals surface area (Å²) in [5.74, 6) is -3.03. The Labute approximate surface area is 51.4 Å². The van der Waals surface area contributed by atoms with Crippen LogP contribution in [0.15, 0.2) is 0 Å². The molecule has 1 fully saturated rings. The van der Waals surface area contributed by atoms with E-state index < -0.39 is 18.6 Å². The van der Waals surface area contributed by atoms with Gasteiger partial charge >= 0.3 is 0 Å². The normalized spacial score (nSPS) is 34.3. The third kappa shape index (κ3) is 1.37. The molecule has 1 rings (SSSR count). The molecular weight excluding hydrogens is 130 g/mol. The van der Waals surface area contributed by atoms with Gasteiger partial charge < -0.3 is 9.84 Å². The van der Waals surface area contributed by atoms with Crippen molar-refractivity contribution in [1.82, 2.24) is 0 Å². The molecule has 1 aliphatic heterocycles. The molecular formula is C5H8F2O2. The average molecular weight is 138 g/mol. The van der Waals surface area contributed by atoms with Gasteiger partial charge in [-0.05, 0) is 0 Å². The summed E-state index contributed by atoms with van der Waals surface area (Å²) >= 11 is 0. The van der Waals surface area contributed by atoms with Crippen LogP contribution in [-0.2, 0) is 4.74 Å². The SMILES string of the molecule is OC1CCOCC1(F)F. The summed E-state index contributed by atoms with van der Waals surface area (Å²) in [4.78, 5) is 0. The predicted molar refractivity (Wildman–Crippen MR) is 26.4 cm³/mol. The molecule has 1 N–H and O–H groups in total. The van der Waals surface area contributed by atoms with Crippen LogP contribution in [0.25, 0.3) is 0 Å². The van der Waals surface area contributed by atoms with Gasteiger partial charge in [-0.3, -0.25) is 0 Å². The Kier molecular flexibility index (Phi) is 1.68. The Morgan fingerprint density at radius 3 is 2.56 bits per heavy atom. The van der Waals surface area contributed by atoms with E-state index in [0.717, 1.165) is 0 Å². The van der Waals surface area contributed by atoms with Crippen LogP contribution >= 0.6 is 0 Å². The van der Waals surface area contributed by atoms with Gasteiger partial charge in [0, 0.05) is 13.0 Å². The first kappa shape index (κ1) is 6.89. The number of ether oxygens (including phenoxy) is 1. The summed E-state index contributed by atoms with van der Waals surface area (Å²) in [5.41, 5.74) is 0. The van der Waals surface area contributed by atoms with E-state index in [1.54, 1.807) is 0 Å². The first-order valence-corrected chi connectivity index (χ1v) is 2.76. The molecule has 0 spiro atoms. The number of aliphatic hydroxyl groups excluding tert-OH is 1. The standard InChI is InChI=1S/C5H8F2O2/c6-5(7)3-9-2-1-4(5)8/h4,8H,1-3H2. The highest BCUT2D eigenvalue weighted by Crippen LogP contribution is 2.24. The molecule has 0 aromatic heterocycles. The molecule has 0 aromatic rings. The van der Waals surface area contributed by atoms with Crippen molar-refractivity contribution in [2.24, 2.45) is 0 Å². The Bertz CT molecular complexity index is 105. The predicted octanol–water partition coefficient (Wildman–Crippen LogP) is 0.403. The van der Waals surface area contributed by atoms with Crippen LogP contribution in [0.3, 0.4) is 0 Å². The van der Waals surface area contributed by atoms with Crippen LogP contribution < -0.4 is 0 Å². The summed E-state index contributed by atoms with van der Waals surface area (Å²) in [7, 11) is 0. The Balaban J connectivity index is 2.49. The van der Waals surface area contributed by atoms with Crippen LogP contribution in [-0.4, -0.2) is 30.3 Å². The van der Waals surface area contributed by atoms with Crippen molar-refractivity contribution in [1.29, 1.82) is 0 Å². The number of hydrogen-bond donors (Lipinski definition) is 1. The smallest absolute Gasteiger partial charge is 0.296 e. The van der Waals surface area contributed by atoms with Gasteiger partial charge in [-0.1, -0.05) is 0 Å². The zero-order chi connectivity index (χ0) is 6.91. The third-order valence-electron chi connectivity index (χ3n) is 1.32. The van der Waals surface area contributed by atoms with Gasteiger partial charge in [0.2, 0.25) is 0 Å². The van der Waals surface area contributed by atoms with E-state index in [2.05, 4.69) is 4.74 Å². The lowest BCUT2D eigenvalue weighted by Gasteiger charge is -2.26. The first-order valence-electron chi connectivity index (χ1n) is 2.76. The summed E-state index contributed by atoms with van der Waals surface area (Å²) in [6, 6.07) is 0. The molecule has 0 radical (unpaired) electrons. The summed E-state index contributed by atoms with van der Waals surface area (Å²) in [5, 5.41) is 8.61. The van der Waals surface area contributed by atoms with Crippen LogP contribution in [0.4, 0.5) is 8.78 Å². The van der Waals surface area contributed by atoms with Crippen LogP contribution in [0, 0.1) is 0 Å². The molecule has 1 aliphatic rings. The molecule has 1 heterocycles. The average Bonchev–Trinajstić information content (AvgIpc) is 1.77. The summed E-state index contributed by atoms with van der Waals surface area (Å²) < 4.78 is 28.9. The van der Waals surface area contributed by atoms with E-state index in [1.165, 1.54) is 0 Å². The molecule has 0 aromatic carbocycles. The van der Waals surface area contributed by atoms with E-state index in [9.17, 15) is 8.78 Å². The first-order chi connectivity index (χ1) is 4.13. The molecule has 0 amide bonds. The Hall–Kier alpha value is -0.220. The van der Waals surface area contributed by atoms with E-state index in [1.807, 2.05) is 0 Å². The number of hydrogen-bond acceptors (Lipinski definition) is 2. The molecule has 1 unspecified atom stereocenters. The van der Waals surface area contributed by atoms with Gasteiger partial charge in [0.15, 0.2) is 0 Å². The molecule has 0 saturated carbocycles. The minimum Gasteiger partial charge on any atom is -0.387 e. The maximum absolute atomic E-state index is 12.2. The maximum atomic E-state index is 12.2. The van der Waals surface area contributed by atoms with Crippen LogP contribution in [0.1, 0.15) is 6.42 Å². The fourth-order valence-corrected chi connectivity index (χ4v) is 0.711. The number of rotatable bonds is 0. The highest BCUT2D eigenvalue weighted by atomic mass is 19.3. The van der Waals surface area contributed by atoms with E-state index in [-0.39, 0.29) is 13.0 Å². The zero-order valence-corrected chi connectivity index (χ0v) is 4.81. The fraction of sp³-hybridized carbons (Fsp3) is 1.00. The van der Waals surface area contributed by atoms with Crippen molar-refractivity contribution in [3.8, 4) is 0 Å². The van der Waals surface area contributed by atoms with Gasteiger partial charge in [0.25, 0.3) is 5.92 Å². The van der Waals surface area contributed by atoms with Gasteiger partial charge in [-0.2, -0.15) is 0 Å².